The van der Waals surface area contributed by atoms with Crippen LogP contribution in [0, 0.1) is 27.7 Å². The summed E-state index contributed by atoms with van der Waals surface area (Å²) in [5, 5.41) is 0. The number of carbonyl (C=O) groups excluding carboxylic acids is 1. The summed E-state index contributed by atoms with van der Waals surface area (Å²) < 4.78 is 0. The fourth-order valence-electron chi connectivity index (χ4n) is 6.04. The van der Waals surface area contributed by atoms with Crippen LogP contribution < -0.4 is 0 Å². The Kier molecular flexibility index (Phi) is 5.49. The highest BCUT2D eigenvalue weighted by Gasteiger charge is 2.53. The first-order valence-corrected chi connectivity index (χ1v) is 13.7. The Morgan fingerprint density at radius 2 is 0.842 bits per heavy atom. The van der Waals surface area contributed by atoms with E-state index in [9.17, 15) is 4.79 Å². The molecule has 0 spiro atoms. The SMILES string of the molecule is CC(=O)C1(C)c2cc3[nH]c(cc4nc(cc5[nH]c(cc(n2)C1(C)C)c(C)c5C)C(C)(C)C4(C)C)c(C)c3C. The van der Waals surface area contributed by atoms with Crippen molar-refractivity contribution in [3.63, 3.8) is 0 Å². The lowest BCUT2D eigenvalue weighted by Gasteiger charge is -2.36. The maximum Gasteiger partial charge on any atom is 0.142 e. The van der Waals surface area contributed by atoms with Gasteiger partial charge in [-0.25, -0.2) is 0 Å². The predicted molar refractivity (Wildman–Crippen MR) is 157 cm³/mol. The zero-order chi connectivity index (χ0) is 28.2. The molecule has 8 bridgehead atoms. The van der Waals surface area contributed by atoms with Crippen LogP contribution in [-0.2, 0) is 26.5 Å². The first kappa shape index (κ1) is 26.4. The highest BCUT2D eigenvalue weighted by atomic mass is 16.1. The van der Waals surface area contributed by atoms with Crippen LogP contribution in [0.25, 0.3) is 22.1 Å². The zero-order valence-corrected chi connectivity index (χ0v) is 25.1. The molecule has 2 aliphatic rings. The van der Waals surface area contributed by atoms with Crippen LogP contribution >= 0.6 is 0 Å². The van der Waals surface area contributed by atoms with Gasteiger partial charge < -0.3 is 9.97 Å². The predicted octanol–water partition coefficient (Wildman–Crippen LogP) is 7.63. The second-order valence-electron chi connectivity index (χ2n) is 13.3. The minimum Gasteiger partial charge on any atom is -0.355 e. The molecule has 0 aliphatic carbocycles. The van der Waals surface area contributed by atoms with Gasteiger partial charge in [0, 0.05) is 55.4 Å². The number of rotatable bonds is 1. The number of hydrogen-bond donors (Lipinski definition) is 2. The zero-order valence-electron chi connectivity index (χ0n) is 25.1. The van der Waals surface area contributed by atoms with Gasteiger partial charge in [-0.1, -0.05) is 41.5 Å². The van der Waals surface area contributed by atoms with Crippen molar-refractivity contribution in [1.82, 2.24) is 19.9 Å². The van der Waals surface area contributed by atoms with Crippen LogP contribution in [-0.4, -0.2) is 25.7 Å². The lowest BCUT2D eigenvalue weighted by molar-refractivity contribution is -0.123. The molecular formula is C33H42N4O. The van der Waals surface area contributed by atoms with Gasteiger partial charge in [0.2, 0.25) is 0 Å². The van der Waals surface area contributed by atoms with Crippen molar-refractivity contribution in [2.45, 2.75) is 105 Å². The third kappa shape index (κ3) is 3.26. The van der Waals surface area contributed by atoms with Crippen molar-refractivity contribution in [2.24, 2.45) is 0 Å². The van der Waals surface area contributed by atoms with Crippen LogP contribution in [0.4, 0.5) is 0 Å². The average Bonchev–Trinajstić information content (AvgIpc) is 3.37. The maximum absolute atomic E-state index is 13.3. The highest BCUT2D eigenvalue weighted by molar-refractivity contribution is 5.90. The molecule has 0 fully saturated rings. The molecule has 1 atom stereocenters. The molecule has 2 N–H and O–H groups in total. The summed E-state index contributed by atoms with van der Waals surface area (Å²) in [7, 11) is 0. The van der Waals surface area contributed by atoms with Gasteiger partial charge in [0.05, 0.1) is 11.1 Å². The van der Waals surface area contributed by atoms with Gasteiger partial charge in [0.1, 0.15) is 5.78 Å². The number of fused-ring (bicyclic) bond motifs is 8. The Balaban J connectivity index is 2.03. The topological polar surface area (TPSA) is 74.4 Å². The smallest absolute Gasteiger partial charge is 0.142 e. The van der Waals surface area contributed by atoms with E-state index in [1.54, 1.807) is 6.92 Å². The molecule has 0 saturated carbocycles. The van der Waals surface area contributed by atoms with Crippen LogP contribution in [0.1, 0.15) is 100 Å². The number of H-pyrrole nitrogens is 2. The van der Waals surface area contributed by atoms with Gasteiger partial charge in [-0.15, -0.1) is 0 Å². The molecule has 0 aromatic carbocycles. The van der Waals surface area contributed by atoms with Crippen LogP contribution in [0.5, 0.6) is 0 Å². The highest BCUT2D eigenvalue weighted by Crippen LogP contribution is 2.49. The summed E-state index contributed by atoms with van der Waals surface area (Å²) in [6, 6.07) is 8.66. The first-order chi connectivity index (χ1) is 17.4. The van der Waals surface area contributed by atoms with E-state index in [0.717, 1.165) is 50.4 Å². The largest absolute Gasteiger partial charge is 0.355 e. The molecule has 5 rings (SSSR count). The van der Waals surface area contributed by atoms with Crippen LogP contribution in [0.15, 0.2) is 24.3 Å². The standard InChI is InChI=1S/C33H42N4O/c1-17-18(2)24-15-28-32(10,11)33(12,21(5)38)29(37-28)16-25-20(4)19(3)23(35-25)14-27-31(8,9)30(6,7)26(36-27)13-22(17)34-24/h13-16,34-35H,1-12H3. The number of carbonyl (C=O) groups is 1. The summed E-state index contributed by atoms with van der Waals surface area (Å²) >= 11 is 0. The van der Waals surface area contributed by atoms with Gasteiger partial charge in [-0.3, -0.25) is 14.8 Å². The second-order valence-corrected chi connectivity index (χ2v) is 13.3. The third-order valence-electron chi connectivity index (χ3n) is 10.8. The summed E-state index contributed by atoms with van der Waals surface area (Å²) in [5.41, 5.74) is 11.2. The van der Waals surface area contributed by atoms with Crippen molar-refractivity contribution in [3.8, 4) is 0 Å². The number of hydrogen-bond acceptors (Lipinski definition) is 3. The van der Waals surface area contributed by atoms with E-state index in [4.69, 9.17) is 9.97 Å². The Labute approximate surface area is 226 Å². The molecule has 0 amide bonds. The fraction of sp³-hybridized carbons (Fsp3) is 0.485. The number of nitrogens with one attached hydrogen (secondary N) is 2. The molecule has 0 radical (unpaired) electrons. The van der Waals surface area contributed by atoms with E-state index in [0.29, 0.717) is 0 Å². The van der Waals surface area contributed by atoms with E-state index in [-0.39, 0.29) is 16.6 Å². The second kappa shape index (κ2) is 7.91. The summed E-state index contributed by atoms with van der Waals surface area (Å²) in [6.07, 6.45) is 0. The summed E-state index contributed by atoms with van der Waals surface area (Å²) in [4.78, 5) is 31.0. The van der Waals surface area contributed by atoms with E-state index >= 15 is 0 Å². The first-order valence-electron chi connectivity index (χ1n) is 13.7. The minimum atomic E-state index is -0.752. The molecule has 200 valence electrons. The monoisotopic (exact) mass is 510 g/mol. The number of ketones is 1. The summed E-state index contributed by atoms with van der Waals surface area (Å²) in [5.74, 6) is 0.118. The molecule has 0 saturated heterocycles. The normalized spacial score (nSPS) is 21.5. The molecule has 3 aromatic rings. The molecule has 5 heteroatoms. The number of aromatic amines is 2. The van der Waals surface area contributed by atoms with Crippen molar-refractivity contribution < 1.29 is 4.79 Å². The molecule has 38 heavy (non-hydrogen) atoms. The fourth-order valence-corrected chi connectivity index (χ4v) is 6.04. The van der Waals surface area contributed by atoms with E-state index in [1.165, 1.54) is 16.7 Å². The Bertz CT molecular complexity index is 1680. The van der Waals surface area contributed by atoms with E-state index < -0.39 is 10.8 Å². The molecule has 2 aliphatic heterocycles. The molecule has 1 unspecified atom stereocenters. The number of aromatic nitrogens is 4. The number of nitrogens with zero attached hydrogens (tertiary/aromatic N) is 2. The quantitative estimate of drug-likeness (QED) is 0.353. The van der Waals surface area contributed by atoms with Gasteiger partial charge in [0.25, 0.3) is 0 Å². The number of Topliss-reactive ketones (excluding diaryl/α,β-unsaturated/α-hetero) is 1. The van der Waals surface area contributed by atoms with Crippen molar-refractivity contribution in [1.29, 1.82) is 0 Å². The number of aryl methyl sites for hydroxylation is 4. The van der Waals surface area contributed by atoms with Crippen molar-refractivity contribution in [3.05, 3.63) is 69.3 Å². The van der Waals surface area contributed by atoms with Crippen LogP contribution in [0.3, 0.4) is 0 Å². The Morgan fingerprint density at radius 3 is 1.18 bits per heavy atom. The lowest BCUT2D eigenvalue weighted by Crippen LogP contribution is -2.44. The van der Waals surface area contributed by atoms with Crippen molar-refractivity contribution >= 4 is 27.9 Å². The molecule has 5 nitrogen and oxygen atoms in total. The van der Waals surface area contributed by atoms with Gasteiger partial charge in [-0.05, 0) is 88.1 Å². The molecule has 5 heterocycles. The van der Waals surface area contributed by atoms with Gasteiger partial charge in [-0.2, -0.15) is 0 Å². The van der Waals surface area contributed by atoms with E-state index in [2.05, 4.69) is 103 Å². The molecule has 3 aromatic heterocycles. The summed E-state index contributed by atoms with van der Waals surface area (Å²) in [6.45, 7) is 25.7. The third-order valence-corrected chi connectivity index (χ3v) is 10.8. The molecular weight excluding hydrogens is 468 g/mol. The average molecular weight is 511 g/mol. The Morgan fingerprint density at radius 1 is 0.553 bits per heavy atom. The van der Waals surface area contributed by atoms with E-state index in [1.807, 2.05) is 6.92 Å². The van der Waals surface area contributed by atoms with Crippen molar-refractivity contribution in [2.75, 3.05) is 0 Å². The van der Waals surface area contributed by atoms with Gasteiger partial charge >= 0.3 is 0 Å². The minimum absolute atomic E-state index is 0.118. The maximum atomic E-state index is 13.3. The Hall–Kier alpha value is -3.21. The van der Waals surface area contributed by atoms with Gasteiger partial charge in [0.15, 0.2) is 0 Å². The van der Waals surface area contributed by atoms with Crippen LogP contribution in [0.2, 0.25) is 0 Å². The lowest BCUT2D eigenvalue weighted by atomic mass is 9.63.